The van der Waals surface area contributed by atoms with Crippen molar-refractivity contribution in [2.45, 2.75) is 6.42 Å². The molecule has 1 aromatic heterocycles. The van der Waals surface area contributed by atoms with E-state index in [0.29, 0.717) is 35.4 Å². The molecule has 2 amide bonds. The normalized spacial score (nSPS) is 12.9. The van der Waals surface area contributed by atoms with Crippen LogP contribution in [0.1, 0.15) is 37.0 Å². The molecule has 9 heteroatoms. The van der Waals surface area contributed by atoms with Gasteiger partial charge in [0.15, 0.2) is 0 Å². The fraction of sp³-hybridized carbons (Fsp3) is 0.150. The first-order chi connectivity index (χ1) is 14.1. The lowest BCUT2D eigenvalue weighted by atomic mass is 10.1. The van der Waals surface area contributed by atoms with Crippen molar-refractivity contribution in [2.24, 2.45) is 0 Å². The van der Waals surface area contributed by atoms with Crippen LogP contribution in [-0.4, -0.2) is 46.7 Å². The minimum Gasteiger partial charge on any atom is -0.384 e. The van der Waals surface area contributed by atoms with Crippen molar-refractivity contribution in [2.75, 3.05) is 13.7 Å². The average Bonchev–Trinajstić information content (AvgIpc) is 3.32. The molecule has 9 nitrogen and oxygen atoms in total. The highest BCUT2D eigenvalue weighted by Gasteiger charge is 2.38. The third-order valence-corrected chi connectivity index (χ3v) is 4.30. The second-order valence-corrected chi connectivity index (χ2v) is 6.16. The number of benzene rings is 2. The molecule has 1 aliphatic heterocycles. The number of hydrogen-bond donors (Lipinski definition) is 0. The van der Waals surface area contributed by atoms with E-state index in [1.54, 1.807) is 31.4 Å². The van der Waals surface area contributed by atoms with E-state index in [2.05, 4.69) is 10.1 Å². The molecule has 0 spiro atoms. The van der Waals surface area contributed by atoms with E-state index in [9.17, 15) is 14.4 Å². The van der Waals surface area contributed by atoms with Gasteiger partial charge in [0.2, 0.25) is 11.7 Å². The highest BCUT2D eigenvalue weighted by Crippen LogP contribution is 2.24. The van der Waals surface area contributed by atoms with Crippen molar-refractivity contribution < 1.29 is 28.5 Å². The Kier molecular flexibility index (Phi) is 4.88. The summed E-state index contributed by atoms with van der Waals surface area (Å²) < 4.78 is 10.1. The van der Waals surface area contributed by atoms with Crippen molar-refractivity contribution in [1.29, 1.82) is 0 Å². The summed E-state index contributed by atoms with van der Waals surface area (Å²) in [5.41, 5.74) is 1.19. The van der Waals surface area contributed by atoms with Crippen molar-refractivity contribution in [1.82, 2.24) is 15.2 Å². The summed E-state index contributed by atoms with van der Waals surface area (Å²) >= 11 is 0. The Morgan fingerprint density at radius 1 is 1.03 bits per heavy atom. The quantitative estimate of drug-likeness (QED) is 0.587. The number of fused-ring (bicyclic) bond motifs is 1. The third kappa shape index (κ3) is 3.50. The predicted octanol–water partition coefficient (Wildman–Crippen LogP) is 2.29. The maximum Gasteiger partial charge on any atom is 0.363 e. The number of ether oxygens (including phenoxy) is 1. The molecule has 0 unspecified atom stereocenters. The zero-order chi connectivity index (χ0) is 20.4. The van der Waals surface area contributed by atoms with E-state index >= 15 is 0 Å². The number of hydrogen-bond acceptors (Lipinski definition) is 8. The molecule has 29 heavy (non-hydrogen) atoms. The molecule has 2 heterocycles. The van der Waals surface area contributed by atoms with E-state index < -0.39 is 17.8 Å². The highest BCUT2D eigenvalue weighted by atomic mass is 16.7. The molecule has 0 radical (unpaired) electrons. The number of rotatable bonds is 6. The highest BCUT2D eigenvalue weighted by molar-refractivity contribution is 6.21. The molecule has 3 aromatic rings. The molecule has 0 saturated carbocycles. The van der Waals surface area contributed by atoms with Crippen LogP contribution in [0.4, 0.5) is 0 Å². The number of aromatic nitrogens is 2. The van der Waals surface area contributed by atoms with Gasteiger partial charge in [0.1, 0.15) is 0 Å². The van der Waals surface area contributed by atoms with Crippen molar-refractivity contribution in [3.05, 3.63) is 71.1 Å². The molecule has 0 N–H and O–H groups in total. The lowest BCUT2D eigenvalue weighted by Gasteiger charge is -2.12. The zero-order valence-corrected chi connectivity index (χ0v) is 15.3. The fourth-order valence-corrected chi connectivity index (χ4v) is 2.80. The Hall–Kier alpha value is -3.85. The summed E-state index contributed by atoms with van der Waals surface area (Å²) in [6, 6.07) is 12.5. The number of imide groups is 1. The monoisotopic (exact) mass is 393 g/mol. The van der Waals surface area contributed by atoms with Gasteiger partial charge in [-0.25, -0.2) is 4.79 Å². The summed E-state index contributed by atoms with van der Waals surface area (Å²) in [6.07, 6.45) is 0.494. The first kappa shape index (κ1) is 18.5. The van der Waals surface area contributed by atoms with Gasteiger partial charge in [0, 0.05) is 12.7 Å². The maximum atomic E-state index is 12.4. The topological polar surface area (TPSA) is 112 Å². The van der Waals surface area contributed by atoms with Crippen LogP contribution in [0.2, 0.25) is 0 Å². The van der Waals surface area contributed by atoms with E-state index in [0.717, 1.165) is 0 Å². The number of carbonyl (C=O) groups is 3. The van der Waals surface area contributed by atoms with E-state index in [-0.39, 0.29) is 16.7 Å². The standard InChI is InChI=1S/C20H15N3O6/c1-27-11-10-16-21-17(22-28-16)12-6-8-13(9-7-12)20(26)29-23-18(24)14-4-2-3-5-15(14)19(23)25/h2-9H,10-11H2,1H3. The number of methoxy groups -OCH3 is 1. The molecule has 2 aromatic carbocycles. The Balaban J connectivity index is 1.46. The minimum atomic E-state index is -0.833. The van der Waals surface area contributed by atoms with Crippen molar-refractivity contribution in [3.8, 4) is 11.4 Å². The molecular formula is C20H15N3O6. The Bertz CT molecular complexity index is 1050. The van der Waals surface area contributed by atoms with E-state index in [4.69, 9.17) is 14.1 Å². The lowest BCUT2D eigenvalue weighted by Crippen LogP contribution is -2.32. The van der Waals surface area contributed by atoms with Crippen molar-refractivity contribution in [3.63, 3.8) is 0 Å². The van der Waals surface area contributed by atoms with Crippen LogP contribution in [-0.2, 0) is 16.0 Å². The molecule has 4 rings (SSSR count). The smallest absolute Gasteiger partial charge is 0.363 e. The molecule has 0 fully saturated rings. The van der Waals surface area contributed by atoms with Crippen LogP contribution >= 0.6 is 0 Å². The van der Waals surface area contributed by atoms with Gasteiger partial charge in [-0.15, -0.1) is 0 Å². The first-order valence-electron chi connectivity index (χ1n) is 8.70. The van der Waals surface area contributed by atoms with E-state index in [1.165, 1.54) is 24.3 Å². The van der Waals surface area contributed by atoms with E-state index in [1.807, 2.05) is 0 Å². The lowest BCUT2D eigenvalue weighted by molar-refractivity contribution is -0.0584. The summed E-state index contributed by atoms with van der Waals surface area (Å²) in [5, 5.41) is 4.36. The van der Waals surface area contributed by atoms with Gasteiger partial charge in [-0.05, 0) is 24.3 Å². The summed E-state index contributed by atoms with van der Waals surface area (Å²) in [6.45, 7) is 0.463. The Labute approximate surface area is 164 Å². The summed E-state index contributed by atoms with van der Waals surface area (Å²) in [5.74, 6) is -1.37. The van der Waals surface area contributed by atoms with Crippen LogP contribution in [0.15, 0.2) is 53.1 Å². The SMILES string of the molecule is COCCc1nc(-c2ccc(C(=O)ON3C(=O)c4ccccc4C3=O)cc2)no1. The molecular weight excluding hydrogens is 378 g/mol. The molecule has 0 aliphatic carbocycles. The van der Waals surface area contributed by atoms with Gasteiger partial charge >= 0.3 is 5.97 Å². The number of amides is 2. The largest absolute Gasteiger partial charge is 0.384 e. The second-order valence-electron chi connectivity index (χ2n) is 6.16. The van der Waals surface area contributed by atoms with Crippen LogP contribution in [0.3, 0.4) is 0 Å². The summed E-state index contributed by atoms with van der Waals surface area (Å²) in [4.78, 5) is 46.2. The number of nitrogens with zero attached hydrogens (tertiary/aromatic N) is 3. The molecule has 146 valence electrons. The summed E-state index contributed by atoms with van der Waals surface area (Å²) in [7, 11) is 1.58. The Morgan fingerprint density at radius 3 is 2.31 bits per heavy atom. The van der Waals surface area contributed by atoms with Gasteiger partial charge < -0.3 is 14.1 Å². The van der Waals surface area contributed by atoms with Gasteiger partial charge in [-0.3, -0.25) is 9.59 Å². The first-order valence-corrected chi connectivity index (χ1v) is 8.70. The number of carbonyl (C=O) groups excluding carboxylic acids is 3. The molecule has 0 atom stereocenters. The van der Waals surface area contributed by atoms with Gasteiger partial charge in [0.05, 0.1) is 29.7 Å². The third-order valence-electron chi connectivity index (χ3n) is 4.30. The molecule has 0 bridgehead atoms. The van der Waals surface area contributed by atoms with Crippen LogP contribution < -0.4 is 0 Å². The van der Waals surface area contributed by atoms with Gasteiger partial charge in [-0.2, -0.15) is 4.98 Å². The number of hydroxylamine groups is 2. The fourth-order valence-electron chi connectivity index (χ4n) is 2.80. The average molecular weight is 393 g/mol. The minimum absolute atomic E-state index is 0.161. The maximum absolute atomic E-state index is 12.4. The predicted molar refractivity (Wildman–Crippen MR) is 97.7 cm³/mol. The Morgan fingerprint density at radius 2 is 1.69 bits per heavy atom. The van der Waals surface area contributed by atoms with Gasteiger partial charge in [0.25, 0.3) is 11.8 Å². The molecule has 0 saturated heterocycles. The van der Waals surface area contributed by atoms with Crippen LogP contribution in [0.25, 0.3) is 11.4 Å². The van der Waals surface area contributed by atoms with Crippen LogP contribution in [0, 0.1) is 0 Å². The van der Waals surface area contributed by atoms with Crippen molar-refractivity contribution >= 4 is 17.8 Å². The second kappa shape index (κ2) is 7.64. The van der Waals surface area contributed by atoms with Gasteiger partial charge in [-0.1, -0.05) is 34.5 Å². The van der Waals surface area contributed by atoms with Crippen LogP contribution in [0.5, 0.6) is 0 Å². The zero-order valence-electron chi connectivity index (χ0n) is 15.3. The molecule has 1 aliphatic rings.